The first-order valence-electron chi connectivity index (χ1n) is 9.68. The van der Waals surface area contributed by atoms with E-state index in [2.05, 4.69) is 10.4 Å². The number of nitrogens with one attached hydrogen (secondary N) is 2. The number of benzene rings is 1. The molecule has 0 fully saturated rings. The maximum Gasteiger partial charge on any atom is 0.408 e. The SMILES string of the molecule is CC(C)(C)OC(=O)N[C@H](COCc1ccccc1)c1[nH]n(S(C)(=O)=O)c(=O)c1CCO. The molecule has 1 amide bonds. The average Bonchev–Trinajstić information content (AvgIpc) is 2.97. The number of alkyl carbamates (subject to hydrolysis) is 1. The highest BCUT2D eigenvalue weighted by Gasteiger charge is 2.28. The molecule has 0 spiro atoms. The molecule has 0 unspecified atom stereocenters. The molecule has 1 aromatic carbocycles. The normalized spacial score (nSPS) is 13.1. The Labute approximate surface area is 181 Å². The minimum Gasteiger partial charge on any atom is -0.444 e. The number of hydrogen-bond donors (Lipinski definition) is 3. The lowest BCUT2D eigenvalue weighted by molar-refractivity contribution is 0.0423. The monoisotopic (exact) mass is 455 g/mol. The third-order valence-corrected chi connectivity index (χ3v) is 5.04. The molecule has 0 aliphatic rings. The number of ether oxygens (including phenoxy) is 2. The van der Waals surface area contributed by atoms with Gasteiger partial charge in [-0.1, -0.05) is 30.3 Å². The van der Waals surface area contributed by atoms with E-state index < -0.39 is 33.3 Å². The van der Waals surface area contributed by atoms with Crippen LogP contribution in [0, 0.1) is 0 Å². The van der Waals surface area contributed by atoms with E-state index in [1.54, 1.807) is 20.8 Å². The topological polar surface area (TPSA) is 140 Å². The second-order valence-corrected chi connectivity index (χ2v) is 9.84. The molecule has 1 atom stereocenters. The van der Waals surface area contributed by atoms with Crippen molar-refractivity contribution in [3.63, 3.8) is 0 Å². The summed E-state index contributed by atoms with van der Waals surface area (Å²) in [6.45, 7) is 4.88. The van der Waals surface area contributed by atoms with E-state index in [-0.39, 0.29) is 37.5 Å². The number of carbonyl (C=O) groups is 1. The smallest absolute Gasteiger partial charge is 0.408 e. The van der Waals surface area contributed by atoms with Crippen LogP contribution in [-0.2, 0) is 32.5 Å². The highest BCUT2D eigenvalue weighted by atomic mass is 32.2. The van der Waals surface area contributed by atoms with Gasteiger partial charge in [-0.25, -0.2) is 13.2 Å². The van der Waals surface area contributed by atoms with Crippen LogP contribution in [0.4, 0.5) is 4.79 Å². The first kappa shape index (κ1) is 24.6. The number of carbonyl (C=O) groups excluding carboxylic acids is 1. The van der Waals surface area contributed by atoms with Crippen LogP contribution in [0.1, 0.15) is 43.6 Å². The van der Waals surface area contributed by atoms with Gasteiger partial charge in [0.1, 0.15) is 5.60 Å². The zero-order chi connectivity index (χ0) is 23.2. The van der Waals surface area contributed by atoms with Crippen molar-refractivity contribution in [2.24, 2.45) is 0 Å². The third kappa shape index (κ3) is 7.23. The summed E-state index contributed by atoms with van der Waals surface area (Å²) < 4.78 is 35.5. The lowest BCUT2D eigenvalue weighted by Gasteiger charge is -2.23. The number of nitrogens with zero attached hydrogens (tertiary/aromatic N) is 1. The van der Waals surface area contributed by atoms with Crippen LogP contribution in [0.2, 0.25) is 0 Å². The molecule has 0 radical (unpaired) electrons. The Morgan fingerprint density at radius 3 is 2.45 bits per heavy atom. The highest BCUT2D eigenvalue weighted by molar-refractivity contribution is 7.89. The first-order valence-corrected chi connectivity index (χ1v) is 11.5. The summed E-state index contributed by atoms with van der Waals surface area (Å²) in [5.41, 5.74) is -0.512. The van der Waals surface area contributed by atoms with Gasteiger partial charge >= 0.3 is 6.09 Å². The molecule has 1 aromatic heterocycles. The van der Waals surface area contributed by atoms with Crippen molar-refractivity contribution in [1.29, 1.82) is 0 Å². The first-order chi connectivity index (χ1) is 14.4. The Kier molecular flexibility index (Phi) is 8.04. The van der Waals surface area contributed by atoms with Crippen LogP contribution in [0.3, 0.4) is 0 Å². The zero-order valence-corrected chi connectivity index (χ0v) is 18.9. The average molecular weight is 456 g/mol. The fourth-order valence-electron chi connectivity index (χ4n) is 2.86. The Morgan fingerprint density at radius 2 is 1.90 bits per heavy atom. The number of aromatic nitrogens is 2. The van der Waals surface area contributed by atoms with Crippen LogP contribution in [-0.4, -0.2) is 53.9 Å². The van der Waals surface area contributed by atoms with Gasteiger partial charge in [0.2, 0.25) is 0 Å². The molecule has 11 heteroatoms. The maximum atomic E-state index is 12.6. The number of aromatic amines is 1. The molecule has 31 heavy (non-hydrogen) atoms. The van der Waals surface area contributed by atoms with Gasteiger partial charge in [-0.2, -0.15) is 0 Å². The summed E-state index contributed by atoms with van der Waals surface area (Å²) in [6.07, 6.45) is 0.0153. The summed E-state index contributed by atoms with van der Waals surface area (Å²) >= 11 is 0. The summed E-state index contributed by atoms with van der Waals surface area (Å²) in [5, 5.41) is 14.5. The zero-order valence-electron chi connectivity index (χ0n) is 18.0. The summed E-state index contributed by atoms with van der Waals surface area (Å²) in [7, 11) is -3.93. The second-order valence-electron chi connectivity index (χ2n) is 8.01. The predicted molar refractivity (Wildman–Crippen MR) is 114 cm³/mol. The fourth-order valence-corrected chi connectivity index (χ4v) is 3.53. The Bertz CT molecular complexity index is 1040. The van der Waals surface area contributed by atoms with Crippen molar-refractivity contribution >= 4 is 16.1 Å². The highest BCUT2D eigenvalue weighted by Crippen LogP contribution is 2.18. The molecule has 0 saturated heterocycles. The van der Waals surface area contributed by atoms with E-state index >= 15 is 0 Å². The van der Waals surface area contributed by atoms with Crippen molar-refractivity contribution < 1.29 is 27.8 Å². The van der Waals surface area contributed by atoms with E-state index in [9.17, 15) is 23.1 Å². The molecule has 3 N–H and O–H groups in total. The van der Waals surface area contributed by atoms with E-state index in [1.807, 2.05) is 30.3 Å². The summed E-state index contributed by atoms with van der Waals surface area (Å²) in [6, 6.07) is 8.41. The van der Waals surface area contributed by atoms with Crippen molar-refractivity contribution in [2.75, 3.05) is 19.5 Å². The number of amides is 1. The number of rotatable bonds is 9. The minimum absolute atomic E-state index is 0.0392. The fraction of sp³-hybridized carbons (Fsp3) is 0.500. The molecule has 0 bridgehead atoms. The van der Waals surface area contributed by atoms with Crippen molar-refractivity contribution in [3.05, 3.63) is 57.5 Å². The van der Waals surface area contributed by atoms with E-state index in [0.29, 0.717) is 4.09 Å². The van der Waals surface area contributed by atoms with Gasteiger partial charge in [-0.3, -0.25) is 9.89 Å². The van der Waals surface area contributed by atoms with E-state index in [4.69, 9.17) is 9.47 Å². The molecular formula is C20H29N3O7S. The molecule has 2 aromatic rings. The maximum absolute atomic E-state index is 12.6. The molecule has 2 rings (SSSR count). The van der Waals surface area contributed by atoms with Gasteiger partial charge in [0.05, 0.1) is 31.2 Å². The van der Waals surface area contributed by atoms with E-state index in [1.165, 1.54) is 0 Å². The quantitative estimate of drug-likeness (QED) is 0.518. The number of H-pyrrole nitrogens is 1. The Balaban J connectivity index is 2.36. The van der Waals surface area contributed by atoms with Crippen LogP contribution < -0.4 is 10.9 Å². The lowest BCUT2D eigenvalue weighted by atomic mass is 10.1. The molecule has 0 aliphatic carbocycles. The standard InChI is InChI=1S/C20H29N3O7S/c1-20(2,3)30-19(26)21-16(13-29-12-14-8-6-5-7-9-14)17-15(10-11-24)18(25)23(22-17)31(4,27)28/h5-9,16,22,24H,10-13H2,1-4H3,(H,21,26)/t16-/m1/s1. The molecule has 10 nitrogen and oxygen atoms in total. The molecule has 0 aliphatic heterocycles. The van der Waals surface area contributed by atoms with Gasteiger partial charge in [0, 0.05) is 18.6 Å². The third-order valence-electron chi connectivity index (χ3n) is 4.12. The summed E-state index contributed by atoms with van der Waals surface area (Å²) in [4.78, 5) is 25.0. The van der Waals surface area contributed by atoms with Crippen molar-refractivity contribution in [1.82, 2.24) is 14.5 Å². The largest absolute Gasteiger partial charge is 0.444 e. The molecular weight excluding hydrogens is 426 g/mol. The number of aliphatic hydroxyl groups is 1. The lowest BCUT2D eigenvalue weighted by Crippen LogP contribution is -2.37. The van der Waals surface area contributed by atoms with Crippen molar-refractivity contribution in [3.8, 4) is 0 Å². The molecule has 1 heterocycles. The second kappa shape index (κ2) is 10.1. The van der Waals surface area contributed by atoms with Crippen LogP contribution in [0.15, 0.2) is 35.1 Å². The minimum atomic E-state index is -3.93. The van der Waals surface area contributed by atoms with Gasteiger partial charge in [-0.05, 0) is 26.3 Å². The van der Waals surface area contributed by atoms with E-state index in [0.717, 1.165) is 11.8 Å². The Hall–Kier alpha value is -2.63. The van der Waals surface area contributed by atoms with Gasteiger partial charge in [0.25, 0.3) is 15.6 Å². The van der Waals surface area contributed by atoms with Gasteiger partial charge in [-0.15, -0.1) is 4.09 Å². The van der Waals surface area contributed by atoms with Crippen LogP contribution in [0.25, 0.3) is 0 Å². The van der Waals surface area contributed by atoms with Crippen LogP contribution >= 0.6 is 0 Å². The Morgan fingerprint density at radius 1 is 1.26 bits per heavy atom. The van der Waals surface area contributed by atoms with Gasteiger partial charge < -0.3 is 19.9 Å². The number of hydrogen-bond acceptors (Lipinski definition) is 7. The molecule has 0 saturated carbocycles. The summed E-state index contributed by atoms with van der Waals surface area (Å²) in [5.74, 6) is 0. The number of aliphatic hydroxyl groups excluding tert-OH is 1. The van der Waals surface area contributed by atoms with Gasteiger partial charge in [0.15, 0.2) is 0 Å². The molecule has 172 valence electrons. The van der Waals surface area contributed by atoms with Crippen molar-refractivity contribution in [2.45, 2.75) is 45.4 Å². The predicted octanol–water partition coefficient (Wildman–Crippen LogP) is 1.30. The van der Waals surface area contributed by atoms with Crippen LogP contribution in [0.5, 0.6) is 0 Å².